The Morgan fingerprint density at radius 3 is 2.47 bits per heavy atom. The van der Waals surface area contributed by atoms with E-state index in [9.17, 15) is 13.6 Å². The lowest BCUT2D eigenvalue weighted by molar-refractivity contribution is -0.0498. The first-order valence-corrected chi connectivity index (χ1v) is 10.9. The molecule has 0 atom stereocenters. The number of hydrogen-bond donors (Lipinski definition) is 0. The molecule has 1 aromatic heterocycles. The van der Waals surface area contributed by atoms with Gasteiger partial charge < -0.3 is 19.0 Å². The molecule has 4 rings (SSSR count). The van der Waals surface area contributed by atoms with Crippen molar-refractivity contribution in [3.63, 3.8) is 0 Å². The van der Waals surface area contributed by atoms with Gasteiger partial charge in [0.05, 0.1) is 5.02 Å². The zero-order valence-electron chi connectivity index (χ0n) is 17.3. The van der Waals surface area contributed by atoms with Crippen molar-refractivity contribution in [1.29, 1.82) is 0 Å². The number of carbonyl (C=O) groups is 1. The Balaban J connectivity index is 1.46. The summed E-state index contributed by atoms with van der Waals surface area (Å²) in [6.07, 6.45) is 1.32. The topological polar surface area (TPSA) is 45.9 Å². The van der Waals surface area contributed by atoms with Gasteiger partial charge in [0.1, 0.15) is 17.4 Å². The van der Waals surface area contributed by atoms with Gasteiger partial charge in [-0.15, -0.1) is 0 Å². The number of amides is 1. The second-order valence-electron chi connectivity index (χ2n) is 8.53. The van der Waals surface area contributed by atoms with E-state index in [4.69, 9.17) is 20.8 Å². The normalized spacial score (nSPS) is 20.8. The van der Waals surface area contributed by atoms with Crippen molar-refractivity contribution in [3.8, 4) is 5.75 Å². The van der Waals surface area contributed by atoms with Gasteiger partial charge in [-0.25, -0.2) is 8.78 Å². The van der Waals surface area contributed by atoms with Gasteiger partial charge in [-0.3, -0.25) is 4.79 Å². The lowest BCUT2D eigenvalue weighted by Gasteiger charge is -2.34. The third-order valence-electron chi connectivity index (χ3n) is 6.06. The van der Waals surface area contributed by atoms with Crippen molar-refractivity contribution in [1.82, 2.24) is 9.80 Å². The molecular formula is C22H27ClF2N2O3. The quantitative estimate of drug-likeness (QED) is 0.654. The fourth-order valence-electron chi connectivity index (χ4n) is 4.12. The summed E-state index contributed by atoms with van der Waals surface area (Å²) in [6, 6.07) is 5.60. The second kappa shape index (κ2) is 8.35. The Morgan fingerprint density at radius 1 is 1.17 bits per heavy atom. The minimum Gasteiger partial charge on any atom is -0.489 e. The molecule has 0 radical (unpaired) electrons. The van der Waals surface area contributed by atoms with Gasteiger partial charge in [0, 0.05) is 56.5 Å². The number of halogens is 3. The summed E-state index contributed by atoms with van der Waals surface area (Å²) in [5.41, 5.74) is 0.479. The number of likely N-dealkylation sites (tertiary alicyclic amines) is 2. The van der Waals surface area contributed by atoms with E-state index in [2.05, 4.69) is 18.7 Å². The SMILES string of the molecule is CC(C)N1CCC(Oc2cc3cc(C(=O)N4CCC(F)(F)CC4)oc3cc2Cl)CC1. The summed E-state index contributed by atoms with van der Waals surface area (Å²) in [5, 5.41) is 1.14. The van der Waals surface area contributed by atoms with E-state index in [0.29, 0.717) is 27.8 Å². The molecule has 0 saturated carbocycles. The standard InChI is InChI=1S/C22H27ClF2N2O3/c1-14(2)26-7-3-16(4-8-26)29-19-11-15-12-20(30-18(15)13-17(19)23)21(28)27-9-5-22(24,25)6-10-27/h11-14,16H,3-10H2,1-2H3. The molecular weight excluding hydrogens is 414 g/mol. The van der Waals surface area contributed by atoms with Crippen LogP contribution in [0.5, 0.6) is 5.75 Å². The second-order valence-corrected chi connectivity index (χ2v) is 8.93. The van der Waals surface area contributed by atoms with Gasteiger partial charge in [-0.05, 0) is 38.8 Å². The minimum absolute atomic E-state index is 0.0209. The highest BCUT2D eigenvalue weighted by Gasteiger charge is 2.36. The number of rotatable bonds is 4. The maximum atomic E-state index is 13.4. The fraction of sp³-hybridized carbons (Fsp3) is 0.591. The average Bonchev–Trinajstić information content (AvgIpc) is 3.11. The highest BCUT2D eigenvalue weighted by Crippen LogP contribution is 2.35. The first-order chi connectivity index (χ1) is 14.2. The number of ether oxygens (including phenoxy) is 1. The molecule has 2 fully saturated rings. The third kappa shape index (κ3) is 4.57. The molecule has 164 valence electrons. The number of benzene rings is 1. The van der Waals surface area contributed by atoms with Gasteiger partial charge in [0.2, 0.25) is 0 Å². The van der Waals surface area contributed by atoms with Gasteiger partial charge >= 0.3 is 0 Å². The van der Waals surface area contributed by atoms with E-state index in [1.165, 1.54) is 4.90 Å². The van der Waals surface area contributed by atoms with Crippen molar-refractivity contribution in [2.75, 3.05) is 26.2 Å². The van der Waals surface area contributed by atoms with E-state index >= 15 is 0 Å². The molecule has 1 amide bonds. The minimum atomic E-state index is -2.70. The van der Waals surface area contributed by atoms with Crippen LogP contribution in [0.1, 0.15) is 50.1 Å². The molecule has 1 aromatic carbocycles. The number of furan rings is 1. The molecule has 3 heterocycles. The summed E-state index contributed by atoms with van der Waals surface area (Å²) in [5.74, 6) is -2.37. The largest absolute Gasteiger partial charge is 0.489 e. The van der Waals surface area contributed by atoms with Gasteiger partial charge in [0.25, 0.3) is 11.8 Å². The molecule has 2 saturated heterocycles. The predicted molar refractivity (Wildman–Crippen MR) is 112 cm³/mol. The van der Waals surface area contributed by atoms with Crippen molar-refractivity contribution in [2.45, 2.75) is 57.6 Å². The van der Waals surface area contributed by atoms with Crippen LogP contribution in [0.3, 0.4) is 0 Å². The number of piperidine rings is 2. The van der Waals surface area contributed by atoms with Crippen LogP contribution in [0.15, 0.2) is 22.6 Å². The average molecular weight is 441 g/mol. The zero-order chi connectivity index (χ0) is 21.5. The van der Waals surface area contributed by atoms with Crippen molar-refractivity contribution < 1.29 is 22.7 Å². The van der Waals surface area contributed by atoms with Crippen LogP contribution in [-0.4, -0.2) is 60.0 Å². The number of nitrogens with zero attached hydrogens (tertiary/aromatic N) is 2. The van der Waals surface area contributed by atoms with Gasteiger partial charge in [0.15, 0.2) is 5.76 Å². The Kier molecular flexibility index (Phi) is 5.95. The van der Waals surface area contributed by atoms with Crippen LogP contribution < -0.4 is 4.74 Å². The number of alkyl halides is 2. The third-order valence-corrected chi connectivity index (χ3v) is 6.36. The summed E-state index contributed by atoms with van der Waals surface area (Å²) >= 11 is 6.40. The van der Waals surface area contributed by atoms with Crippen LogP contribution in [0.2, 0.25) is 5.02 Å². The molecule has 2 aliphatic heterocycles. The predicted octanol–water partition coefficient (Wildman–Crippen LogP) is 5.21. The molecule has 0 spiro atoms. The van der Waals surface area contributed by atoms with Crippen LogP contribution >= 0.6 is 11.6 Å². The molecule has 2 aromatic rings. The first kappa shape index (κ1) is 21.4. The molecule has 2 aliphatic rings. The molecule has 0 bridgehead atoms. The zero-order valence-corrected chi connectivity index (χ0v) is 18.1. The van der Waals surface area contributed by atoms with E-state index in [0.717, 1.165) is 25.9 Å². The highest BCUT2D eigenvalue weighted by molar-refractivity contribution is 6.32. The van der Waals surface area contributed by atoms with Gasteiger partial charge in [-0.1, -0.05) is 11.6 Å². The number of hydrogen-bond acceptors (Lipinski definition) is 4. The van der Waals surface area contributed by atoms with Gasteiger partial charge in [-0.2, -0.15) is 0 Å². The number of carbonyl (C=O) groups excluding carboxylic acids is 1. The smallest absolute Gasteiger partial charge is 0.289 e. The lowest BCUT2D eigenvalue weighted by Crippen LogP contribution is -2.42. The van der Waals surface area contributed by atoms with Crippen LogP contribution in [0.25, 0.3) is 11.0 Å². The van der Waals surface area contributed by atoms with E-state index in [1.807, 2.05) is 0 Å². The molecule has 5 nitrogen and oxygen atoms in total. The Labute approximate surface area is 179 Å². The Hall–Kier alpha value is -1.86. The maximum Gasteiger partial charge on any atom is 0.289 e. The van der Waals surface area contributed by atoms with E-state index in [1.54, 1.807) is 18.2 Å². The fourth-order valence-corrected chi connectivity index (χ4v) is 4.32. The Morgan fingerprint density at radius 2 is 1.83 bits per heavy atom. The van der Waals surface area contributed by atoms with Crippen LogP contribution in [0.4, 0.5) is 8.78 Å². The molecule has 0 N–H and O–H groups in total. The molecule has 8 heteroatoms. The molecule has 0 unspecified atom stereocenters. The monoisotopic (exact) mass is 440 g/mol. The van der Waals surface area contributed by atoms with E-state index in [-0.39, 0.29) is 43.7 Å². The van der Waals surface area contributed by atoms with Crippen molar-refractivity contribution in [2.24, 2.45) is 0 Å². The van der Waals surface area contributed by atoms with Crippen molar-refractivity contribution >= 4 is 28.5 Å². The summed E-state index contributed by atoms with van der Waals surface area (Å²) in [4.78, 5) is 16.5. The first-order valence-electron chi connectivity index (χ1n) is 10.5. The summed E-state index contributed by atoms with van der Waals surface area (Å²) < 4.78 is 38.5. The highest BCUT2D eigenvalue weighted by atomic mass is 35.5. The summed E-state index contributed by atoms with van der Waals surface area (Å²) in [7, 11) is 0. The molecule has 0 aliphatic carbocycles. The van der Waals surface area contributed by atoms with E-state index < -0.39 is 5.92 Å². The van der Waals surface area contributed by atoms with Crippen LogP contribution in [-0.2, 0) is 0 Å². The lowest BCUT2D eigenvalue weighted by atomic mass is 10.1. The maximum absolute atomic E-state index is 13.4. The molecule has 30 heavy (non-hydrogen) atoms. The Bertz CT molecular complexity index is 912. The van der Waals surface area contributed by atoms with Crippen LogP contribution in [0, 0.1) is 0 Å². The number of fused-ring (bicyclic) bond motifs is 1. The summed E-state index contributed by atoms with van der Waals surface area (Å²) in [6.45, 7) is 6.40. The van der Waals surface area contributed by atoms with Crippen molar-refractivity contribution in [3.05, 3.63) is 29.0 Å².